The van der Waals surface area contributed by atoms with Gasteiger partial charge in [-0.05, 0) is 37.1 Å². The first-order valence-corrected chi connectivity index (χ1v) is 5.53. The van der Waals surface area contributed by atoms with Crippen LogP contribution in [0.1, 0.15) is 23.2 Å². The van der Waals surface area contributed by atoms with Crippen molar-refractivity contribution in [2.45, 2.75) is 12.8 Å². The van der Waals surface area contributed by atoms with Gasteiger partial charge in [0.2, 0.25) is 5.91 Å². The molecule has 1 amide bonds. The molecule has 1 aromatic rings. The molecule has 0 heterocycles. The van der Waals surface area contributed by atoms with Crippen molar-refractivity contribution >= 4 is 17.6 Å². The van der Waals surface area contributed by atoms with Gasteiger partial charge in [0.15, 0.2) is 0 Å². The van der Waals surface area contributed by atoms with Crippen LogP contribution in [0.3, 0.4) is 0 Å². The molecule has 5 heteroatoms. The average Bonchev–Trinajstić information content (AvgIpc) is 3.18. The zero-order valence-electron chi connectivity index (χ0n) is 9.88. The second-order valence-corrected chi connectivity index (χ2v) is 4.41. The Bertz CT molecular complexity index is 538. The second-order valence-electron chi connectivity index (χ2n) is 4.41. The molecule has 0 bridgehead atoms. The molecule has 1 N–H and O–H groups in total. The summed E-state index contributed by atoms with van der Waals surface area (Å²) in [6, 6.07) is 8.05. The molecule has 0 saturated heterocycles. The molecule has 1 aromatic carbocycles. The number of carbonyl (C=O) groups excluding carboxylic acids is 1. The van der Waals surface area contributed by atoms with Crippen LogP contribution in [0.2, 0.25) is 0 Å². The smallest absolute Gasteiger partial charge is 0.335 e. The van der Waals surface area contributed by atoms with Gasteiger partial charge in [0, 0.05) is 12.7 Å². The molecular formula is C13H12N2O3. The van der Waals surface area contributed by atoms with Crippen LogP contribution in [-0.2, 0) is 4.79 Å². The normalized spacial score (nSPS) is 15.6. The Morgan fingerprint density at radius 1 is 1.33 bits per heavy atom. The first-order valence-electron chi connectivity index (χ1n) is 5.53. The van der Waals surface area contributed by atoms with Crippen LogP contribution in [0.25, 0.3) is 0 Å². The molecule has 0 radical (unpaired) electrons. The van der Waals surface area contributed by atoms with Crippen LogP contribution in [0.5, 0.6) is 0 Å². The fraction of sp³-hybridized carbons (Fsp3) is 0.308. The van der Waals surface area contributed by atoms with Gasteiger partial charge in [-0.1, -0.05) is 0 Å². The third-order valence-corrected chi connectivity index (χ3v) is 3.18. The summed E-state index contributed by atoms with van der Waals surface area (Å²) in [5, 5.41) is 17.7. The predicted octanol–water partition coefficient (Wildman–Crippen LogP) is 1.65. The van der Waals surface area contributed by atoms with E-state index in [4.69, 9.17) is 10.4 Å². The first kappa shape index (κ1) is 12.1. The number of hydrogen-bond acceptors (Lipinski definition) is 3. The number of benzene rings is 1. The highest BCUT2D eigenvalue weighted by molar-refractivity contribution is 6.01. The third kappa shape index (κ3) is 1.93. The number of anilines is 1. The Hall–Kier alpha value is -2.35. The lowest BCUT2D eigenvalue weighted by Crippen LogP contribution is -2.33. The summed E-state index contributed by atoms with van der Waals surface area (Å²) in [5.74, 6) is -1.24. The summed E-state index contributed by atoms with van der Waals surface area (Å²) in [5.41, 5.74) is -0.104. The minimum absolute atomic E-state index is 0.168. The average molecular weight is 244 g/mol. The summed E-state index contributed by atoms with van der Waals surface area (Å²) in [4.78, 5) is 24.2. The van der Waals surface area contributed by atoms with Gasteiger partial charge in [0.25, 0.3) is 0 Å². The van der Waals surface area contributed by atoms with Crippen LogP contribution in [0.15, 0.2) is 24.3 Å². The van der Waals surface area contributed by atoms with Crippen molar-refractivity contribution in [3.05, 3.63) is 29.8 Å². The summed E-state index contributed by atoms with van der Waals surface area (Å²) >= 11 is 0. The number of rotatable bonds is 3. The van der Waals surface area contributed by atoms with Gasteiger partial charge in [0.05, 0.1) is 11.6 Å². The molecular weight excluding hydrogens is 232 g/mol. The van der Waals surface area contributed by atoms with Crippen molar-refractivity contribution in [1.82, 2.24) is 0 Å². The highest BCUT2D eigenvalue weighted by Crippen LogP contribution is 2.46. The third-order valence-electron chi connectivity index (χ3n) is 3.18. The SMILES string of the molecule is CN(C(=O)C1(C#N)CC1)c1ccc(C(=O)O)cc1. The van der Waals surface area contributed by atoms with E-state index in [0.29, 0.717) is 18.5 Å². The lowest BCUT2D eigenvalue weighted by atomic mass is 10.1. The zero-order chi connectivity index (χ0) is 13.3. The first-order chi connectivity index (χ1) is 8.50. The molecule has 0 aromatic heterocycles. The Morgan fingerprint density at radius 2 is 1.89 bits per heavy atom. The highest BCUT2D eigenvalue weighted by Gasteiger charge is 2.52. The monoisotopic (exact) mass is 244 g/mol. The van der Waals surface area contributed by atoms with Crippen molar-refractivity contribution in [2.75, 3.05) is 11.9 Å². The molecule has 0 spiro atoms. The van der Waals surface area contributed by atoms with Gasteiger partial charge in [-0.3, -0.25) is 4.79 Å². The number of nitriles is 1. The minimum Gasteiger partial charge on any atom is -0.478 e. The minimum atomic E-state index is -1.01. The zero-order valence-corrected chi connectivity index (χ0v) is 9.88. The lowest BCUT2D eigenvalue weighted by molar-refractivity contribution is -0.121. The van der Waals surface area contributed by atoms with E-state index in [9.17, 15) is 9.59 Å². The molecule has 0 aliphatic heterocycles. The second kappa shape index (κ2) is 4.15. The molecule has 0 unspecified atom stereocenters. The quantitative estimate of drug-likeness (QED) is 0.876. The number of carboxylic acids is 1. The maximum atomic E-state index is 12.1. The molecule has 2 rings (SSSR count). The molecule has 92 valence electrons. The largest absolute Gasteiger partial charge is 0.478 e. The number of carbonyl (C=O) groups is 2. The fourth-order valence-corrected chi connectivity index (χ4v) is 1.76. The van der Waals surface area contributed by atoms with Gasteiger partial charge in [-0.2, -0.15) is 5.26 Å². The number of nitrogens with zero attached hydrogens (tertiary/aromatic N) is 2. The van der Waals surface area contributed by atoms with Crippen molar-refractivity contribution in [2.24, 2.45) is 5.41 Å². The maximum Gasteiger partial charge on any atom is 0.335 e. The molecule has 18 heavy (non-hydrogen) atoms. The van der Waals surface area contributed by atoms with Crippen LogP contribution >= 0.6 is 0 Å². The number of aromatic carboxylic acids is 1. The van der Waals surface area contributed by atoms with Crippen LogP contribution in [0, 0.1) is 16.7 Å². The Balaban J connectivity index is 2.19. The molecule has 1 aliphatic carbocycles. The van der Waals surface area contributed by atoms with E-state index in [2.05, 4.69) is 0 Å². The summed E-state index contributed by atoms with van der Waals surface area (Å²) in [6.45, 7) is 0. The van der Waals surface area contributed by atoms with E-state index < -0.39 is 11.4 Å². The van der Waals surface area contributed by atoms with E-state index in [1.54, 1.807) is 19.2 Å². The van der Waals surface area contributed by atoms with Crippen molar-refractivity contribution in [3.8, 4) is 6.07 Å². The molecule has 1 fully saturated rings. The molecule has 0 atom stereocenters. The fourth-order valence-electron chi connectivity index (χ4n) is 1.76. The van der Waals surface area contributed by atoms with Crippen molar-refractivity contribution in [3.63, 3.8) is 0 Å². The standard InChI is InChI=1S/C13H12N2O3/c1-15(12(18)13(8-14)6-7-13)10-4-2-9(3-5-10)11(16)17/h2-5H,6-7H2,1H3,(H,16,17). The van der Waals surface area contributed by atoms with Crippen LogP contribution < -0.4 is 4.90 Å². The molecule has 5 nitrogen and oxygen atoms in total. The summed E-state index contributed by atoms with van der Waals surface area (Å²) in [7, 11) is 1.59. The van der Waals surface area contributed by atoms with Crippen molar-refractivity contribution < 1.29 is 14.7 Å². The number of carboxylic acid groups (broad SMARTS) is 1. The van der Waals surface area contributed by atoms with Gasteiger partial charge in [-0.25, -0.2) is 4.79 Å². The van der Waals surface area contributed by atoms with Crippen LogP contribution in [-0.4, -0.2) is 24.0 Å². The van der Waals surface area contributed by atoms with Gasteiger partial charge in [0.1, 0.15) is 5.41 Å². The molecule has 1 aliphatic rings. The van der Waals surface area contributed by atoms with E-state index in [-0.39, 0.29) is 11.5 Å². The predicted molar refractivity (Wildman–Crippen MR) is 64.1 cm³/mol. The topological polar surface area (TPSA) is 81.4 Å². The van der Waals surface area contributed by atoms with E-state index >= 15 is 0 Å². The van der Waals surface area contributed by atoms with Gasteiger partial charge in [-0.15, -0.1) is 0 Å². The van der Waals surface area contributed by atoms with Crippen molar-refractivity contribution in [1.29, 1.82) is 5.26 Å². The summed E-state index contributed by atoms with van der Waals surface area (Å²) < 4.78 is 0. The van der Waals surface area contributed by atoms with E-state index in [0.717, 1.165) is 0 Å². The van der Waals surface area contributed by atoms with Crippen LogP contribution in [0.4, 0.5) is 5.69 Å². The Morgan fingerprint density at radius 3 is 2.28 bits per heavy atom. The summed E-state index contributed by atoms with van der Waals surface area (Å²) in [6.07, 6.45) is 1.19. The van der Waals surface area contributed by atoms with E-state index in [1.807, 2.05) is 6.07 Å². The number of hydrogen-bond donors (Lipinski definition) is 1. The van der Waals surface area contributed by atoms with Gasteiger partial charge < -0.3 is 10.0 Å². The van der Waals surface area contributed by atoms with E-state index in [1.165, 1.54) is 17.0 Å². The molecule has 1 saturated carbocycles. The maximum absolute atomic E-state index is 12.1. The Labute approximate surface area is 104 Å². The number of amides is 1. The highest BCUT2D eigenvalue weighted by atomic mass is 16.4. The van der Waals surface area contributed by atoms with Gasteiger partial charge >= 0.3 is 5.97 Å². The Kier molecular flexibility index (Phi) is 2.79. The lowest BCUT2D eigenvalue weighted by Gasteiger charge is -2.19.